The molecule has 3 aromatic rings. The summed E-state index contributed by atoms with van der Waals surface area (Å²) in [5, 5.41) is 1.37. The van der Waals surface area contributed by atoms with E-state index in [9.17, 15) is 22.4 Å². The van der Waals surface area contributed by atoms with Gasteiger partial charge in [-0.3, -0.25) is 4.79 Å². The van der Waals surface area contributed by atoms with Crippen molar-refractivity contribution in [2.75, 3.05) is 5.32 Å². The number of rotatable bonds is 4. The molecule has 1 atom stereocenters. The number of fused-ring (bicyclic) bond motifs is 1. The highest BCUT2D eigenvalue weighted by Crippen LogP contribution is 2.28. The van der Waals surface area contributed by atoms with Gasteiger partial charge in [-0.15, -0.1) is 0 Å². The van der Waals surface area contributed by atoms with Gasteiger partial charge in [0.25, 0.3) is 0 Å². The number of carbonyl (C=O) groups is 1. The standard InChI is InChI=1S/C14H9F4N5OS/c1-5(25-14-11-12(20-3-19-11)21-4-22-14)13(24)23-10-8(17)6(15)2-7(16)9(10)18/h2-5H,1H3,(H,23,24)(H,19,20,21,22). The van der Waals surface area contributed by atoms with Gasteiger partial charge in [0.15, 0.2) is 28.9 Å². The quantitative estimate of drug-likeness (QED) is 0.319. The number of carbonyl (C=O) groups excluding carboxylic acids is 1. The number of amides is 1. The number of H-pyrrole nitrogens is 1. The minimum Gasteiger partial charge on any atom is -0.341 e. The topological polar surface area (TPSA) is 83.6 Å². The van der Waals surface area contributed by atoms with Crippen molar-refractivity contribution in [3.63, 3.8) is 0 Å². The Bertz CT molecular complexity index is 938. The molecular formula is C14H9F4N5OS. The van der Waals surface area contributed by atoms with Gasteiger partial charge in [-0.1, -0.05) is 11.8 Å². The van der Waals surface area contributed by atoms with Crippen LogP contribution < -0.4 is 5.32 Å². The molecule has 130 valence electrons. The second-order valence-electron chi connectivity index (χ2n) is 4.87. The number of thioether (sulfide) groups is 1. The largest absolute Gasteiger partial charge is 0.341 e. The first-order chi connectivity index (χ1) is 11.9. The van der Waals surface area contributed by atoms with E-state index in [2.05, 4.69) is 19.9 Å². The molecule has 1 unspecified atom stereocenters. The fraction of sp³-hybridized carbons (Fsp3) is 0.143. The fourth-order valence-electron chi connectivity index (χ4n) is 1.96. The maximum absolute atomic E-state index is 13.6. The van der Waals surface area contributed by atoms with Crippen LogP contribution in [-0.2, 0) is 4.79 Å². The number of nitrogens with one attached hydrogen (secondary N) is 2. The van der Waals surface area contributed by atoms with Gasteiger partial charge in [0.2, 0.25) is 5.91 Å². The Kier molecular flexibility index (Phi) is 4.57. The summed E-state index contributed by atoms with van der Waals surface area (Å²) < 4.78 is 53.6. The van der Waals surface area contributed by atoms with E-state index < -0.39 is 40.1 Å². The highest BCUT2D eigenvalue weighted by molar-refractivity contribution is 8.00. The van der Waals surface area contributed by atoms with Crippen LogP contribution in [0.3, 0.4) is 0 Å². The number of hydrogen-bond donors (Lipinski definition) is 2. The second kappa shape index (κ2) is 6.67. The summed E-state index contributed by atoms with van der Waals surface area (Å²) in [5.74, 6) is -7.43. The molecule has 1 aromatic carbocycles. The smallest absolute Gasteiger partial charge is 0.237 e. The molecule has 3 rings (SSSR count). The molecule has 25 heavy (non-hydrogen) atoms. The summed E-state index contributed by atoms with van der Waals surface area (Å²) in [4.78, 5) is 26.8. The van der Waals surface area contributed by atoms with Crippen molar-refractivity contribution in [3.8, 4) is 0 Å². The summed E-state index contributed by atoms with van der Waals surface area (Å²) in [6.07, 6.45) is 2.64. The molecule has 1 amide bonds. The molecule has 11 heteroatoms. The SMILES string of the molecule is CC(Sc1ncnc2nc[nH]c12)C(=O)Nc1c(F)c(F)cc(F)c1F. The van der Waals surface area contributed by atoms with Crippen LogP contribution in [0.1, 0.15) is 6.92 Å². The summed E-state index contributed by atoms with van der Waals surface area (Å²) in [7, 11) is 0. The molecular weight excluding hydrogens is 362 g/mol. The molecule has 0 saturated carbocycles. The lowest BCUT2D eigenvalue weighted by atomic mass is 10.2. The molecule has 2 heterocycles. The number of aromatic nitrogens is 4. The van der Waals surface area contributed by atoms with E-state index >= 15 is 0 Å². The van der Waals surface area contributed by atoms with E-state index in [4.69, 9.17) is 0 Å². The zero-order valence-corrected chi connectivity index (χ0v) is 13.3. The van der Waals surface area contributed by atoms with Gasteiger partial charge >= 0.3 is 0 Å². The van der Waals surface area contributed by atoms with Crippen molar-refractivity contribution < 1.29 is 22.4 Å². The van der Waals surface area contributed by atoms with E-state index in [1.165, 1.54) is 19.6 Å². The minimum atomic E-state index is -1.68. The lowest BCUT2D eigenvalue weighted by Crippen LogP contribution is -2.24. The Morgan fingerprint density at radius 1 is 1.16 bits per heavy atom. The number of imidazole rings is 1. The first-order valence-electron chi connectivity index (χ1n) is 6.83. The third-order valence-corrected chi connectivity index (χ3v) is 4.31. The van der Waals surface area contributed by atoms with E-state index in [1.54, 1.807) is 0 Å². The van der Waals surface area contributed by atoms with Crippen molar-refractivity contribution in [1.29, 1.82) is 0 Å². The first-order valence-corrected chi connectivity index (χ1v) is 7.71. The molecule has 0 aliphatic rings. The molecule has 2 aromatic heterocycles. The third-order valence-electron chi connectivity index (χ3n) is 3.21. The van der Waals surface area contributed by atoms with Crippen molar-refractivity contribution >= 4 is 34.5 Å². The summed E-state index contributed by atoms with van der Waals surface area (Å²) in [6, 6.07) is 0.0639. The van der Waals surface area contributed by atoms with Gasteiger partial charge in [-0.25, -0.2) is 32.5 Å². The maximum Gasteiger partial charge on any atom is 0.237 e. The number of halogens is 4. The highest BCUT2D eigenvalue weighted by atomic mass is 32.2. The van der Waals surface area contributed by atoms with Crippen LogP contribution in [0.4, 0.5) is 23.2 Å². The number of benzene rings is 1. The fourth-order valence-corrected chi connectivity index (χ4v) is 2.84. The van der Waals surface area contributed by atoms with Crippen LogP contribution in [0.2, 0.25) is 0 Å². The van der Waals surface area contributed by atoms with Crippen molar-refractivity contribution in [3.05, 3.63) is 42.0 Å². The van der Waals surface area contributed by atoms with Crippen LogP contribution >= 0.6 is 11.8 Å². The molecule has 0 bridgehead atoms. The molecule has 0 saturated heterocycles. The summed E-state index contributed by atoms with van der Waals surface area (Å²) in [5.41, 5.74) is -0.306. The summed E-state index contributed by atoms with van der Waals surface area (Å²) in [6.45, 7) is 1.44. The lowest BCUT2D eigenvalue weighted by molar-refractivity contribution is -0.115. The number of anilines is 1. The highest BCUT2D eigenvalue weighted by Gasteiger charge is 2.24. The van der Waals surface area contributed by atoms with Crippen LogP contribution in [-0.4, -0.2) is 31.1 Å². The molecule has 6 nitrogen and oxygen atoms in total. The Labute approximate surface area is 142 Å². The average Bonchev–Trinajstić information content (AvgIpc) is 3.06. The second-order valence-corrected chi connectivity index (χ2v) is 6.20. The number of hydrogen-bond acceptors (Lipinski definition) is 5. The van der Waals surface area contributed by atoms with Crippen LogP contribution in [0.15, 0.2) is 23.7 Å². The number of aromatic amines is 1. The Morgan fingerprint density at radius 2 is 1.84 bits per heavy atom. The van der Waals surface area contributed by atoms with Gasteiger partial charge in [-0.2, -0.15) is 0 Å². The van der Waals surface area contributed by atoms with Gasteiger partial charge in [-0.05, 0) is 6.92 Å². The van der Waals surface area contributed by atoms with Gasteiger partial charge < -0.3 is 10.3 Å². The third kappa shape index (κ3) is 3.27. The zero-order chi connectivity index (χ0) is 18.1. The lowest BCUT2D eigenvalue weighted by Gasteiger charge is -2.13. The van der Waals surface area contributed by atoms with Crippen molar-refractivity contribution in [1.82, 2.24) is 19.9 Å². The first kappa shape index (κ1) is 17.1. The predicted molar refractivity (Wildman–Crippen MR) is 81.9 cm³/mol. The molecule has 2 N–H and O–H groups in total. The molecule has 0 spiro atoms. The van der Waals surface area contributed by atoms with Crippen LogP contribution in [0.5, 0.6) is 0 Å². The molecule has 0 aliphatic carbocycles. The predicted octanol–water partition coefficient (Wildman–Crippen LogP) is 3.03. The van der Waals surface area contributed by atoms with Crippen molar-refractivity contribution in [2.45, 2.75) is 17.2 Å². The van der Waals surface area contributed by atoms with Crippen LogP contribution in [0, 0.1) is 23.3 Å². The molecule has 0 aliphatic heterocycles. The van der Waals surface area contributed by atoms with Gasteiger partial charge in [0, 0.05) is 6.07 Å². The van der Waals surface area contributed by atoms with Crippen molar-refractivity contribution in [2.24, 2.45) is 0 Å². The summed E-state index contributed by atoms with van der Waals surface area (Å²) >= 11 is 0.958. The maximum atomic E-state index is 13.6. The normalized spacial score (nSPS) is 12.4. The Balaban J connectivity index is 1.81. The average molecular weight is 371 g/mol. The minimum absolute atomic E-state index is 0.0639. The van der Waals surface area contributed by atoms with Gasteiger partial charge in [0.05, 0.1) is 11.6 Å². The Morgan fingerprint density at radius 3 is 2.52 bits per heavy atom. The monoisotopic (exact) mass is 371 g/mol. The van der Waals surface area contributed by atoms with Gasteiger partial charge in [0.1, 0.15) is 22.6 Å². The van der Waals surface area contributed by atoms with E-state index in [-0.39, 0.29) is 6.07 Å². The zero-order valence-electron chi connectivity index (χ0n) is 12.5. The van der Waals surface area contributed by atoms with E-state index in [0.717, 1.165) is 11.8 Å². The molecule has 0 radical (unpaired) electrons. The molecule has 0 fully saturated rings. The van der Waals surface area contributed by atoms with E-state index in [0.29, 0.717) is 16.2 Å². The number of nitrogens with zero attached hydrogens (tertiary/aromatic N) is 3. The van der Waals surface area contributed by atoms with Crippen LogP contribution in [0.25, 0.3) is 11.2 Å². The Hall–Kier alpha value is -2.69. The van der Waals surface area contributed by atoms with E-state index in [1.807, 2.05) is 5.32 Å².